The summed E-state index contributed by atoms with van der Waals surface area (Å²) in [5.41, 5.74) is 0. The van der Waals surface area contributed by atoms with Gasteiger partial charge in [-0.05, 0) is 109 Å². The molecule has 0 N–H and O–H groups in total. The lowest BCUT2D eigenvalue weighted by Gasteiger charge is -2.18. The molecule has 0 aliphatic heterocycles. The van der Waals surface area contributed by atoms with Crippen LogP contribution in [0.2, 0.25) is 0 Å². The molecule has 6 heteroatoms. The zero-order chi connectivity index (χ0) is 46.5. The molecule has 0 saturated carbocycles. The fourth-order valence-electron chi connectivity index (χ4n) is 5.78. The third-order valence-electron chi connectivity index (χ3n) is 9.37. The molecule has 0 aliphatic rings. The number of esters is 3. The summed E-state index contributed by atoms with van der Waals surface area (Å²) in [5, 5.41) is 0. The van der Waals surface area contributed by atoms with Gasteiger partial charge in [0.2, 0.25) is 0 Å². The third-order valence-corrected chi connectivity index (χ3v) is 9.37. The molecule has 0 saturated heterocycles. The highest BCUT2D eigenvalue weighted by molar-refractivity contribution is 5.71. The van der Waals surface area contributed by atoms with Crippen molar-refractivity contribution in [1.82, 2.24) is 0 Å². The SMILES string of the molecule is CC\C=C/C=C\C=C/C=C\CCCCCCCC(=O)OC(COC(=O)CC/C=C\C/C=C\C/C=C\C/C=C\C/C=C\C/C=C\CC)COC(=O)CCCC/C=C\C/C=C\C/C=C\CC. The first-order chi connectivity index (χ1) is 31.5. The minimum Gasteiger partial charge on any atom is -0.462 e. The highest BCUT2D eigenvalue weighted by atomic mass is 16.6. The molecule has 6 nitrogen and oxygen atoms in total. The summed E-state index contributed by atoms with van der Waals surface area (Å²) in [5.74, 6) is -1.10. The molecular weight excluding hydrogens is 793 g/mol. The number of ether oxygens (including phenoxy) is 3. The molecule has 354 valence electrons. The molecule has 0 bridgehead atoms. The van der Waals surface area contributed by atoms with Gasteiger partial charge in [-0.25, -0.2) is 0 Å². The Morgan fingerprint density at radius 2 is 0.672 bits per heavy atom. The zero-order valence-corrected chi connectivity index (χ0v) is 40.2. The molecule has 0 aromatic heterocycles. The monoisotopic (exact) mass is 879 g/mol. The topological polar surface area (TPSA) is 78.9 Å². The quantitative estimate of drug-likeness (QED) is 0.0200. The normalized spacial score (nSPS) is 13.5. The summed E-state index contributed by atoms with van der Waals surface area (Å²) >= 11 is 0. The fraction of sp³-hybridized carbons (Fsp3) is 0.500. The number of rotatable bonds is 41. The Balaban J connectivity index is 4.62. The summed E-state index contributed by atoms with van der Waals surface area (Å²) in [6, 6.07) is 0. The number of hydrogen-bond donors (Lipinski definition) is 0. The van der Waals surface area contributed by atoms with E-state index in [4.69, 9.17) is 14.2 Å². The molecule has 0 rings (SSSR count). The first-order valence-electron chi connectivity index (χ1n) is 24.5. The van der Waals surface area contributed by atoms with E-state index in [2.05, 4.69) is 142 Å². The van der Waals surface area contributed by atoms with Gasteiger partial charge >= 0.3 is 17.9 Å². The maximum absolute atomic E-state index is 12.8. The van der Waals surface area contributed by atoms with Crippen LogP contribution in [0.15, 0.2) is 158 Å². The number of carbonyl (C=O) groups excluding carboxylic acids is 3. The van der Waals surface area contributed by atoms with Crippen molar-refractivity contribution in [2.24, 2.45) is 0 Å². The van der Waals surface area contributed by atoms with E-state index in [-0.39, 0.29) is 50.4 Å². The Hall–Kier alpha value is -4.97. The number of carbonyl (C=O) groups is 3. The maximum Gasteiger partial charge on any atom is 0.306 e. The average molecular weight is 879 g/mol. The molecule has 0 radical (unpaired) electrons. The summed E-state index contributed by atoms with van der Waals surface area (Å²) in [6.45, 7) is 6.11. The molecule has 1 unspecified atom stereocenters. The van der Waals surface area contributed by atoms with E-state index in [1.807, 2.05) is 36.5 Å². The second-order valence-corrected chi connectivity index (χ2v) is 15.3. The van der Waals surface area contributed by atoms with Crippen LogP contribution in [0.4, 0.5) is 0 Å². The smallest absolute Gasteiger partial charge is 0.306 e. The predicted molar refractivity (Wildman–Crippen MR) is 274 cm³/mol. The molecule has 0 amide bonds. The number of allylic oxidation sites excluding steroid dienone is 26. The Bertz CT molecular complexity index is 1520. The van der Waals surface area contributed by atoms with Gasteiger partial charge in [-0.2, -0.15) is 0 Å². The Labute approximate surface area is 390 Å². The number of hydrogen-bond acceptors (Lipinski definition) is 6. The third kappa shape index (κ3) is 48.1. The highest BCUT2D eigenvalue weighted by Gasteiger charge is 2.19. The van der Waals surface area contributed by atoms with Crippen LogP contribution in [-0.4, -0.2) is 37.2 Å². The number of unbranched alkanes of at least 4 members (excludes halogenated alkanes) is 7. The second kappa shape index (κ2) is 50.7. The first-order valence-corrected chi connectivity index (χ1v) is 24.5. The van der Waals surface area contributed by atoms with Crippen molar-refractivity contribution < 1.29 is 28.6 Å². The lowest BCUT2D eigenvalue weighted by molar-refractivity contribution is -0.166. The lowest BCUT2D eigenvalue weighted by atomic mass is 10.1. The van der Waals surface area contributed by atoms with Gasteiger partial charge < -0.3 is 14.2 Å². The average Bonchev–Trinajstić information content (AvgIpc) is 3.29. The van der Waals surface area contributed by atoms with E-state index in [0.29, 0.717) is 12.8 Å². The molecule has 0 aromatic carbocycles. The van der Waals surface area contributed by atoms with Crippen LogP contribution >= 0.6 is 0 Å². The van der Waals surface area contributed by atoms with Gasteiger partial charge in [0.15, 0.2) is 6.10 Å². The zero-order valence-electron chi connectivity index (χ0n) is 40.2. The van der Waals surface area contributed by atoms with Gasteiger partial charge in [0.1, 0.15) is 13.2 Å². The summed E-state index contributed by atoms with van der Waals surface area (Å²) in [4.78, 5) is 37.9. The first kappa shape index (κ1) is 59.0. The van der Waals surface area contributed by atoms with Crippen molar-refractivity contribution in [3.63, 3.8) is 0 Å². The predicted octanol–water partition coefficient (Wildman–Crippen LogP) is 16.2. The van der Waals surface area contributed by atoms with Crippen LogP contribution < -0.4 is 0 Å². The summed E-state index contributed by atoms with van der Waals surface area (Å²) < 4.78 is 16.6. The Morgan fingerprint density at radius 3 is 1.19 bits per heavy atom. The minimum atomic E-state index is -0.844. The van der Waals surface area contributed by atoms with E-state index in [1.54, 1.807) is 0 Å². The van der Waals surface area contributed by atoms with Crippen molar-refractivity contribution in [1.29, 1.82) is 0 Å². The van der Waals surface area contributed by atoms with Crippen LogP contribution in [0, 0.1) is 0 Å². The molecule has 0 fully saturated rings. The van der Waals surface area contributed by atoms with Crippen molar-refractivity contribution in [2.45, 2.75) is 175 Å². The molecule has 0 aromatic rings. The largest absolute Gasteiger partial charge is 0.462 e. The van der Waals surface area contributed by atoms with Crippen LogP contribution in [-0.2, 0) is 28.6 Å². The van der Waals surface area contributed by atoms with Gasteiger partial charge in [0.05, 0.1) is 0 Å². The van der Waals surface area contributed by atoms with E-state index in [1.165, 1.54) is 0 Å². The van der Waals surface area contributed by atoms with Gasteiger partial charge in [-0.1, -0.05) is 198 Å². The molecule has 0 heterocycles. The summed E-state index contributed by atoms with van der Waals surface area (Å²) in [6.07, 6.45) is 73.8. The molecular formula is C58H86O6. The Kier molecular flexibility index (Phi) is 46.7. The lowest BCUT2D eigenvalue weighted by Crippen LogP contribution is -2.30. The van der Waals surface area contributed by atoms with Gasteiger partial charge in [0.25, 0.3) is 0 Å². The van der Waals surface area contributed by atoms with Crippen LogP contribution in [0.5, 0.6) is 0 Å². The van der Waals surface area contributed by atoms with Crippen molar-refractivity contribution in [3.05, 3.63) is 158 Å². The highest BCUT2D eigenvalue weighted by Crippen LogP contribution is 2.11. The van der Waals surface area contributed by atoms with Crippen LogP contribution in [0.3, 0.4) is 0 Å². The fourth-order valence-corrected chi connectivity index (χ4v) is 5.78. The van der Waals surface area contributed by atoms with Gasteiger partial charge in [-0.3, -0.25) is 14.4 Å². The van der Waals surface area contributed by atoms with Crippen molar-refractivity contribution in [3.8, 4) is 0 Å². The van der Waals surface area contributed by atoms with Gasteiger partial charge in [-0.15, -0.1) is 0 Å². The Morgan fingerprint density at radius 1 is 0.328 bits per heavy atom. The van der Waals surface area contributed by atoms with E-state index < -0.39 is 6.10 Å². The van der Waals surface area contributed by atoms with E-state index in [0.717, 1.165) is 116 Å². The summed E-state index contributed by atoms with van der Waals surface area (Å²) in [7, 11) is 0. The minimum absolute atomic E-state index is 0.139. The van der Waals surface area contributed by atoms with Gasteiger partial charge in [0, 0.05) is 19.3 Å². The van der Waals surface area contributed by atoms with E-state index >= 15 is 0 Å². The molecule has 0 aliphatic carbocycles. The second-order valence-electron chi connectivity index (χ2n) is 15.3. The maximum atomic E-state index is 12.8. The van der Waals surface area contributed by atoms with Crippen LogP contribution in [0.1, 0.15) is 168 Å². The van der Waals surface area contributed by atoms with Crippen LogP contribution in [0.25, 0.3) is 0 Å². The van der Waals surface area contributed by atoms with Crippen molar-refractivity contribution in [2.75, 3.05) is 13.2 Å². The molecule has 64 heavy (non-hydrogen) atoms. The van der Waals surface area contributed by atoms with E-state index in [9.17, 15) is 14.4 Å². The standard InChI is InChI=1S/C58H86O6/c1-4-7-10-13-16-19-22-25-27-28-29-30-32-33-36-39-42-45-48-51-57(60)63-54-55(53-62-56(59)50-47-44-41-38-35-24-21-18-15-12-9-6-3)64-58(61)52-49-46-43-40-37-34-31-26-23-20-17-14-11-8-5-2/h7-12,14,16-21,23,25-27,29-31,33,35-36,38,42,45,55H,4-6,13,15,22,24,28,32,34,37,39-41,43-44,46-54H2,1-3H3/b10-7-,11-8-,12-9-,17-14-,19-16-,21-18-,23-20-,27-25-,30-29-,31-26-,36-33-,38-35-,45-42-. The van der Waals surface area contributed by atoms with Crippen molar-refractivity contribution >= 4 is 17.9 Å². The molecule has 1 atom stereocenters. The molecule has 0 spiro atoms.